The van der Waals surface area contributed by atoms with Gasteiger partial charge < -0.3 is 0 Å². The van der Waals surface area contributed by atoms with E-state index in [2.05, 4.69) is 0 Å². The van der Waals surface area contributed by atoms with Crippen molar-refractivity contribution in [3.8, 4) is 0 Å². The van der Waals surface area contributed by atoms with Crippen molar-refractivity contribution in [1.29, 1.82) is 0 Å². The molecule has 0 heterocycles. The molecule has 7 heteroatoms. The van der Waals surface area contributed by atoms with Crippen LogP contribution < -0.4 is 0 Å². The van der Waals surface area contributed by atoms with Gasteiger partial charge in [-0.25, -0.2) is 0 Å². The van der Waals surface area contributed by atoms with Gasteiger partial charge in [0.15, 0.2) is 0 Å². The number of carbonyl (C=O) groups excluding carboxylic acids is 2. The number of carbonyl (C=O) groups is 2. The number of halogens is 2. The Hall–Kier alpha value is -3.32. The average molecular weight is 692 g/mol. The van der Waals surface area contributed by atoms with E-state index < -0.39 is 31.1 Å². The van der Waals surface area contributed by atoms with Crippen LogP contribution in [0.4, 0.5) is 0 Å². The van der Waals surface area contributed by atoms with E-state index in [0.717, 1.165) is 11.1 Å². The van der Waals surface area contributed by atoms with Crippen LogP contribution in [0.15, 0.2) is 109 Å². The molecule has 0 aliphatic heterocycles. The van der Waals surface area contributed by atoms with Gasteiger partial charge in [0.2, 0.25) is 0 Å². The van der Waals surface area contributed by atoms with E-state index in [9.17, 15) is 9.59 Å². The van der Waals surface area contributed by atoms with Crippen LogP contribution in [0.25, 0.3) is 23.3 Å². The Morgan fingerprint density at radius 3 is 1.24 bits per heavy atom. The van der Waals surface area contributed by atoms with E-state index in [1.165, 1.54) is 0 Å². The van der Waals surface area contributed by atoms with Crippen LogP contribution in [-0.4, -0.2) is 31.1 Å². The summed E-state index contributed by atoms with van der Waals surface area (Å²) in [5.74, 6) is -1.03. The first-order valence-corrected chi connectivity index (χ1v) is 20.5. The van der Waals surface area contributed by atoms with Crippen LogP contribution in [0.2, 0.25) is 18.9 Å². The van der Waals surface area contributed by atoms with Crippen LogP contribution in [0.1, 0.15) is 36.1 Å². The Kier molecular flexibility index (Phi) is 10.9. The first-order valence-electron chi connectivity index (χ1n) is 13.3. The van der Waals surface area contributed by atoms with Crippen molar-refractivity contribution in [3.05, 3.63) is 141 Å². The van der Waals surface area contributed by atoms with Crippen molar-refractivity contribution in [2.75, 3.05) is 0 Å². The maximum absolute atomic E-state index is 13.8. The molecule has 0 atom stereocenters. The molecule has 0 saturated carbocycles. The standard InChI is InChI=1S/2C15H11ClO2.2C2H5.Sn/c2*16-13-8-6-11(7-9-13)10-14(15(17)18)12-4-2-1-3-5-12;2*1-2;/h2*1-10H,(H,17,18);2*1H2,2H3;/q;;;;+2/p-2/b2*14-10+;;;. The van der Waals surface area contributed by atoms with Crippen LogP contribution in [0.5, 0.6) is 0 Å². The van der Waals surface area contributed by atoms with Crippen molar-refractivity contribution in [2.24, 2.45) is 0 Å². The summed E-state index contributed by atoms with van der Waals surface area (Å²) in [6, 6.07) is 33.0. The molecular formula is C34H30Cl2O4Sn. The average Bonchev–Trinajstić information content (AvgIpc) is 3.00. The van der Waals surface area contributed by atoms with Gasteiger partial charge in [-0.1, -0.05) is 0 Å². The predicted molar refractivity (Wildman–Crippen MR) is 170 cm³/mol. The molecule has 0 fully saturated rings. The Morgan fingerprint density at radius 1 is 0.585 bits per heavy atom. The number of rotatable bonds is 10. The zero-order chi connectivity index (χ0) is 29.2. The minimum absolute atomic E-state index is 0.381. The molecule has 0 amide bonds. The molecule has 0 aliphatic rings. The maximum atomic E-state index is 13.8. The summed E-state index contributed by atoms with van der Waals surface area (Å²) in [4.78, 5) is 27.6. The van der Waals surface area contributed by atoms with Gasteiger partial charge in [-0.2, -0.15) is 0 Å². The molecule has 0 aromatic heterocycles. The summed E-state index contributed by atoms with van der Waals surface area (Å²) >= 11 is 7.85. The molecule has 0 radical (unpaired) electrons. The molecule has 0 bridgehead atoms. The Morgan fingerprint density at radius 2 is 0.927 bits per heavy atom. The second-order valence-electron chi connectivity index (χ2n) is 9.35. The van der Waals surface area contributed by atoms with Gasteiger partial charge in [0.25, 0.3) is 0 Å². The number of hydrogen-bond acceptors (Lipinski definition) is 4. The van der Waals surface area contributed by atoms with E-state index in [0.29, 0.717) is 41.2 Å². The molecule has 4 nitrogen and oxygen atoms in total. The Balaban J connectivity index is 1.67. The van der Waals surface area contributed by atoms with Crippen molar-refractivity contribution in [2.45, 2.75) is 22.7 Å². The van der Waals surface area contributed by atoms with Gasteiger partial charge >= 0.3 is 258 Å². The van der Waals surface area contributed by atoms with Crippen molar-refractivity contribution >= 4 is 77.6 Å². The predicted octanol–water partition coefficient (Wildman–Crippen LogP) is 9.34. The fourth-order valence-corrected chi connectivity index (χ4v) is 10.2. The van der Waals surface area contributed by atoms with E-state index >= 15 is 0 Å². The molecule has 4 aromatic rings. The third-order valence-electron chi connectivity index (χ3n) is 6.61. The fourth-order valence-electron chi connectivity index (χ4n) is 4.21. The monoisotopic (exact) mass is 692 g/mol. The first-order chi connectivity index (χ1) is 19.8. The first kappa shape index (κ1) is 30.6. The molecular weight excluding hydrogens is 662 g/mol. The number of hydrogen-bond donors (Lipinski definition) is 0. The molecule has 4 rings (SSSR count). The van der Waals surface area contributed by atoms with Crippen LogP contribution >= 0.6 is 23.2 Å². The molecule has 0 saturated heterocycles. The van der Waals surface area contributed by atoms with E-state index in [1.54, 1.807) is 36.4 Å². The summed E-state index contributed by atoms with van der Waals surface area (Å²) in [6.07, 6.45) is 3.54. The summed E-state index contributed by atoms with van der Waals surface area (Å²) in [6.45, 7) is 3.83. The minimum atomic E-state index is -4.28. The summed E-state index contributed by atoms with van der Waals surface area (Å²) in [7, 11) is 0. The Labute approximate surface area is 256 Å². The van der Waals surface area contributed by atoms with Gasteiger partial charge in [-0.05, 0) is 0 Å². The van der Waals surface area contributed by atoms with Crippen LogP contribution in [0, 0.1) is 0 Å². The third kappa shape index (κ3) is 8.35. The molecule has 0 N–H and O–H groups in total. The third-order valence-corrected chi connectivity index (χ3v) is 16.4. The second kappa shape index (κ2) is 14.5. The molecule has 0 unspecified atom stereocenters. The molecule has 0 aliphatic carbocycles. The van der Waals surface area contributed by atoms with E-state index in [-0.39, 0.29) is 0 Å². The van der Waals surface area contributed by atoms with Crippen LogP contribution in [0.3, 0.4) is 0 Å². The molecule has 41 heavy (non-hydrogen) atoms. The zero-order valence-corrected chi connectivity index (χ0v) is 27.2. The van der Waals surface area contributed by atoms with Crippen molar-refractivity contribution in [1.82, 2.24) is 0 Å². The van der Waals surface area contributed by atoms with Gasteiger partial charge in [0, 0.05) is 0 Å². The fraction of sp³-hybridized carbons (Fsp3) is 0.118. The Bertz CT molecular complexity index is 1410. The molecule has 208 valence electrons. The van der Waals surface area contributed by atoms with E-state index in [1.807, 2.05) is 98.8 Å². The SMILES string of the molecule is C[CH2][Sn]([CH2]C)([O]C(=O)/C(=C/c1ccc(Cl)cc1)c1ccccc1)[O]C(=O)/C(=C/c1ccc(Cl)cc1)c1ccccc1. The molecule has 4 aromatic carbocycles. The van der Waals surface area contributed by atoms with Crippen molar-refractivity contribution < 1.29 is 15.7 Å². The number of benzene rings is 4. The van der Waals surface area contributed by atoms with Crippen molar-refractivity contribution in [3.63, 3.8) is 0 Å². The van der Waals surface area contributed by atoms with E-state index in [4.69, 9.17) is 29.4 Å². The quantitative estimate of drug-likeness (QED) is 0.0945. The summed E-state index contributed by atoms with van der Waals surface area (Å²) in [5.41, 5.74) is 3.78. The summed E-state index contributed by atoms with van der Waals surface area (Å²) in [5, 5.41) is 1.21. The van der Waals surface area contributed by atoms with Gasteiger partial charge in [0.05, 0.1) is 0 Å². The topological polar surface area (TPSA) is 52.6 Å². The van der Waals surface area contributed by atoms with Gasteiger partial charge in [-0.15, -0.1) is 0 Å². The molecule has 0 spiro atoms. The second-order valence-corrected chi connectivity index (χ2v) is 20.6. The summed E-state index contributed by atoms with van der Waals surface area (Å²) < 4.78 is 13.5. The van der Waals surface area contributed by atoms with Gasteiger partial charge in [-0.3, -0.25) is 0 Å². The van der Waals surface area contributed by atoms with Gasteiger partial charge in [0.1, 0.15) is 0 Å². The van der Waals surface area contributed by atoms with Crippen LogP contribution in [-0.2, 0) is 15.7 Å². The zero-order valence-electron chi connectivity index (χ0n) is 22.9. The normalized spacial score (nSPS) is 12.1.